The SMILES string of the molecule is Cc1nn(C)cc1C(=O)Nc1c(Cl)cccc1Cl. The van der Waals surface area contributed by atoms with Gasteiger partial charge in [-0.15, -0.1) is 0 Å². The minimum absolute atomic E-state index is 0.282. The second-order valence-electron chi connectivity index (χ2n) is 3.85. The Morgan fingerprint density at radius 2 is 1.94 bits per heavy atom. The summed E-state index contributed by atoms with van der Waals surface area (Å²) in [6.07, 6.45) is 1.65. The van der Waals surface area contributed by atoms with Crippen LogP contribution in [0.1, 0.15) is 16.1 Å². The fourth-order valence-corrected chi connectivity index (χ4v) is 2.11. The van der Waals surface area contributed by atoms with E-state index < -0.39 is 0 Å². The summed E-state index contributed by atoms with van der Waals surface area (Å²) in [5.74, 6) is -0.282. The number of halogens is 2. The first-order valence-corrected chi connectivity index (χ1v) is 6.00. The van der Waals surface area contributed by atoms with E-state index in [-0.39, 0.29) is 5.91 Å². The van der Waals surface area contributed by atoms with Crippen molar-refractivity contribution in [2.75, 3.05) is 5.32 Å². The number of para-hydroxylation sites is 1. The molecule has 0 saturated heterocycles. The number of rotatable bonds is 2. The predicted molar refractivity (Wildman–Crippen MR) is 72.4 cm³/mol. The van der Waals surface area contributed by atoms with Crippen LogP contribution in [0.2, 0.25) is 10.0 Å². The van der Waals surface area contributed by atoms with E-state index in [1.807, 2.05) is 0 Å². The van der Waals surface area contributed by atoms with E-state index >= 15 is 0 Å². The van der Waals surface area contributed by atoms with Gasteiger partial charge in [0.25, 0.3) is 5.91 Å². The van der Waals surface area contributed by atoms with E-state index in [1.165, 1.54) is 0 Å². The number of carbonyl (C=O) groups excluding carboxylic acids is 1. The summed E-state index contributed by atoms with van der Waals surface area (Å²) in [5, 5.41) is 7.60. The molecule has 0 unspecified atom stereocenters. The molecule has 0 radical (unpaired) electrons. The molecule has 1 amide bonds. The first-order valence-electron chi connectivity index (χ1n) is 5.24. The summed E-state index contributed by atoms with van der Waals surface area (Å²) >= 11 is 12.0. The van der Waals surface area contributed by atoms with Crippen molar-refractivity contribution in [3.63, 3.8) is 0 Å². The molecule has 1 aromatic heterocycles. The highest BCUT2D eigenvalue weighted by Crippen LogP contribution is 2.30. The lowest BCUT2D eigenvalue weighted by Crippen LogP contribution is -2.13. The Balaban J connectivity index is 2.30. The topological polar surface area (TPSA) is 46.9 Å². The van der Waals surface area contributed by atoms with Gasteiger partial charge in [-0.25, -0.2) is 0 Å². The number of benzene rings is 1. The van der Waals surface area contributed by atoms with Crippen LogP contribution in [-0.4, -0.2) is 15.7 Å². The smallest absolute Gasteiger partial charge is 0.259 e. The molecular formula is C12H11Cl2N3O. The van der Waals surface area contributed by atoms with Crippen LogP contribution in [0.4, 0.5) is 5.69 Å². The van der Waals surface area contributed by atoms with Gasteiger partial charge < -0.3 is 5.32 Å². The Labute approximate surface area is 115 Å². The molecule has 0 atom stereocenters. The van der Waals surface area contributed by atoms with Gasteiger partial charge in [-0.05, 0) is 19.1 Å². The third kappa shape index (κ3) is 2.49. The van der Waals surface area contributed by atoms with E-state index in [2.05, 4.69) is 10.4 Å². The molecule has 2 rings (SSSR count). The van der Waals surface area contributed by atoms with Gasteiger partial charge in [0.05, 0.1) is 27.0 Å². The highest BCUT2D eigenvalue weighted by atomic mass is 35.5. The van der Waals surface area contributed by atoms with Crippen molar-refractivity contribution in [2.24, 2.45) is 7.05 Å². The molecule has 0 spiro atoms. The third-order valence-corrected chi connectivity index (χ3v) is 3.09. The monoisotopic (exact) mass is 283 g/mol. The van der Waals surface area contributed by atoms with Crippen molar-refractivity contribution in [2.45, 2.75) is 6.92 Å². The van der Waals surface area contributed by atoms with Crippen LogP contribution in [0.3, 0.4) is 0 Å². The van der Waals surface area contributed by atoms with Crippen LogP contribution in [0.25, 0.3) is 0 Å². The number of aromatic nitrogens is 2. The number of nitrogens with zero attached hydrogens (tertiary/aromatic N) is 2. The molecule has 18 heavy (non-hydrogen) atoms. The standard InChI is InChI=1S/C12H11Cl2N3O/c1-7-8(6-17(2)16-7)12(18)15-11-9(13)4-3-5-10(11)14/h3-6H,1-2H3,(H,15,18). The van der Waals surface area contributed by atoms with E-state index in [4.69, 9.17) is 23.2 Å². The van der Waals surface area contributed by atoms with Crippen LogP contribution in [0.5, 0.6) is 0 Å². The third-order valence-electron chi connectivity index (χ3n) is 2.46. The number of hydrogen-bond acceptors (Lipinski definition) is 2. The lowest BCUT2D eigenvalue weighted by molar-refractivity contribution is 0.102. The van der Waals surface area contributed by atoms with Gasteiger partial charge in [-0.3, -0.25) is 9.48 Å². The van der Waals surface area contributed by atoms with Gasteiger partial charge in [0.1, 0.15) is 0 Å². The molecule has 0 fully saturated rings. The molecule has 1 aromatic carbocycles. The second-order valence-corrected chi connectivity index (χ2v) is 4.67. The molecule has 0 bridgehead atoms. The summed E-state index contributed by atoms with van der Waals surface area (Å²) < 4.78 is 1.58. The Morgan fingerprint density at radius 3 is 2.44 bits per heavy atom. The minimum Gasteiger partial charge on any atom is -0.319 e. The molecule has 2 aromatic rings. The van der Waals surface area contributed by atoms with Crippen molar-refractivity contribution < 1.29 is 4.79 Å². The van der Waals surface area contributed by atoms with Crippen LogP contribution in [0, 0.1) is 6.92 Å². The maximum Gasteiger partial charge on any atom is 0.259 e. The average molecular weight is 284 g/mol. The summed E-state index contributed by atoms with van der Waals surface area (Å²) in [6.45, 7) is 1.77. The van der Waals surface area contributed by atoms with Gasteiger partial charge in [0.15, 0.2) is 0 Å². The maximum atomic E-state index is 12.1. The quantitative estimate of drug-likeness (QED) is 0.919. The van der Waals surface area contributed by atoms with Crippen molar-refractivity contribution in [1.82, 2.24) is 9.78 Å². The molecule has 6 heteroatoms. The first-order chi connectivity index (χ1) is 8.49. The molecule has 0 aliphatic heterocycles. The molecular weight excluding hydrogens is 273 g/mol. The lowest BCUT2D eigenvalue weighted by atomic mass is 10.2. The number of amides is 1. The molecule has 94 valence electrons. The highest BCUT2D eigenvalue weighted by Gasteiger charge is 2.15. The van der Waals surface area contributed by atoms with Crippen LogP contribution < -0.4 is 5.32 Å². The summed E-state index contributed by atoms with van der Waals surface area (Å²) in [6, 6.07) is 5.05. The van der Waals surface area contributed by atoms with Gasteiger partial charge in [-0.1, -0.05) is 29.3 Å². The maximum absolute atomic E-state index is 12.1. The highest BCUT2D eigenvalue weighted by molar-refractivity contribution is 6.40. The van der Waals surface area contributed by atoms with Crippen molar-refractivity contribution in [1.29, 1.82) is 0 Å². The second kappa shape index (κ2) is 5.00. The lowest BCUT2D eigenvalue weighted by Gasteiger charge is -2.08. The van der Waals surface area contributed by atoms with Gasteiger partial charge in [0, 0.05) is 13.2 Å². The van der Waals surface area contributed by atoms with Crippen LogP contribution >= 0.6 is 23.2 Å². The number of carbonyl (C=O) groups is 1. The minimum atomic E-state index is -0.282. The normalized spacial score (nSPS) is 10.4. The average Bonchev–Trinajstić information content (AvgIpc) is 2.63. The number of aryl methyl sites for hydroxylation is 2. The largest absolute Gasteiger partial charge is 0.319 e. The zero-order valence-electron chi connectivity index (χ0n) is 9.87. The van der Waals surface area contributed by atoms with E-state index in [1.54, 1.807) is 43.0 Å². The number of hydrogen-bond donors (Lipinski definition) is 1. The summed E-state index contributed by atoms with van der Waals surface area (Å²) in [4.78, 5) is 12.1. The molecule has 0 saturated carbocycles. The Bertz CT molecular complexity index is 587. The molecule has 1 N–H and O–H groups in total. The Kier molecular flexibility index (Phi) is 3.59. The molecule has 0 aliphatic carbocycles. The van der Waals surface area contributed by atoms with Crippen LogP contribution in [0.15, 0.2) is 24.4 Å². The van der Waals surface area contributed by atoms with Gasteiger partial charge in [0.2, 0.25) is 0 Å². The fourth-order valence-electron chi connectivity index (χ4n) is 1.62. The Morgan fingerprint density at radius 1 is 1.33 bits per heavy atom. The van der Waals surface area contributed by atoms with E-state index in [9.17, 15) is 4.79 Å². The zero-order chi connectivity index (χ0) is 13.3. The number of anilines is 1. The zero-order valence-corrected chi connectivity index (χ0v) is 11.4. The molecule has 1 heterocycles. The van der Waals surface area contributed by atoms with E-state index in [0.717, 1.165) is 0 Å². The molecule has 4 nitrogen and oxygen atoms in total. The van der Waals surface area contributed by atoms with E-state index in [0.29, 0.717) is 27.0 Å². The van der Waals surface area contributed by atoms with Crippen LogP contribution in [-0.2, 0) is 7.05 Å². The fraction of sp³-hybridized carbons (Fsp3) is 0.167. The molecule has 0 aliphatic rings. The van der Waals surface area contributed by atoms with Crippen molar-refractivity contribution >= 4 is 34.8 Å². The number of nitrogens with one attached hydrogen (secondary N) is 1. The summed E-state index contributed by atoms with van der Waals surface area (Å²) in [5.41, 5.74) is 1.56. The van der Waals surface area contributed by atoms with Gasteiger partial charge in [-0.2, -0.15) is 5.10 Å². The first kappa shape index (κ1) is 12.9. The summed E-state index contributed by atoms with van der Waals surface area (Å²) in [7, 11) is 1.76. The van der Waals surface area contributed by atoms with Crippen molar-refractivity contribution in [3.05, 3.63) is 45.7 Å². The predicted octanol–water partition coefficient (Wildman–Crippen LogP) is 3.29. The Hall–Kier alpha value is -1.52. The van der Waals surface area contributed by atoms with Gasteiger partial charge >= 0.3 is 0 Å². The van der Waals surface area contributed by atoms with Crippen molar-refractivity contribution in [3.8, 4) is 0 Å².